The molecular formula is C14H8F3N5O2S2. The van der Waals surface area contributed by atoms with Crippen molar-refractivity contribution in [3.8, 4) is 11.4 Å². The molecule has 1 aliphatic heterocycles. The summed E-state index contributed by atoms with van der Waals surface area (Å²) in [6.07, 6.45) is -4.25. The quantitative estimate of drug-likeness (QED) is 0.729. The number of fused-ring (bicyclic) bond motifs is 1. The van der Waals surface area contributed by atoms with Crippen molar-refractivity contribution in [2.75, 3.05) is 0 Å². The third kappa shape index (κ3) is 3.05. The first-order valence-corrected chi connectivity index (χ1v) is 8.91. The number of carbonyl (C=O) groups is 2. The maximum Gasteiger partial charge on any atom is 0.416 e. The number of hydrogen-bond acceptors (Lipinski definition) is 7. The minimum atomic E-state index is -4.47. The van der Waals surface area contributed by atoms with Gasteiger partial charge in [0, 0.05) is 12.0 Å². The van der Waals surface area contributed by atoms with E-state index >= 15 is 0 Å². The summed E-state index contributed by atoms with van der Waals surface area (Å²) < 4.78 is 40.0. The van der Waals surface area contributed by atoms with Gasteiger partial charge in [0.05, 0.1) is 10.8 Å². The second kappa shape index (κ2) is 6.06. The number of benzene rings is 1. The summed E-state index contributed by atoms with van der Waals surface area (Å²) in [4.78, 5) is 23.3. The minimum Gasteiger partial charge on any atom is -0.286 e. The number of amides is 2. The van der Waals surface area contributed by atoms with E-state index in [1.165, 1.54) is 16.6 Å². The number of halogens is 3. The van der Waals surface area contributed by atoms with Crippen molar-refractivity contribution < 1.29 is 22.8 Å². The molecule has 3 aromatic rings. The van der Waals surface area contributed by atoms with Crippen LogP contribution in [0.4, 0.5) is 18.0 Å². The van der Waals surface area contributed by atoms with Crippen LogP contribution in [-0.2, 0) is 17.4 Å². The zero-order chi connectivity index (χ0) is 18.5. The molecule has 2 amide bonds. The predicted molar refractivity (Wildman–Crippen MR) is 87.7 cm³/mol. The fourth-order valence-corrected chi connectivity index (χ4v) is 4.25. The van der Waals surface area contributed by atoms with Gasteiger partial charge in [-0.15, -0.1) is 10.2 Å². The molecule has 1 aromatic carbocycles. The molecule has 0 aliphatic carbocycles. The van der Waals surface area contributed by atoms with Gasteiger partial charge < -0.3 is 0 Å². The highest BCUT2D eigenvalue weighted by Crippen LogP contribution is 2.32. The monoisotopic (exact) mass is 399 g/mol. The van der Waals surface area contributed by atoms with Crippen molar-refractivity contribution in [3.63, 3.8) is 0 Å². The summed E-state index contributed by atoms with van der Waals surface area (Å²) >= 11 is 2.05. The molecule has 1 fully saturated rings. The number of nitrogens with one attached hydrogen (secondary N) is 1. The van der Waals surface area contributed by atoms with Crippen molar-refractivity contribution in [1.29, 1.82) is 0 Å². The molecule has 12 heteroatoms. The smallest absolute Gasteiger partial charge is 0.286 e. The van der Waals surface area contributed by atoms with Crippen molar-refractivity contribution in [2.24, 2.45) is 0 Å². The largest absolute Gasteiger partial charge is 0.416 e. The highest BCUT2D eigenvalue weighted by atomic mass is 32.2. The molecule has 0 saturated carbocycles. The molecule has 26 heavy (non-hydrogen) atoms. The molecule has 1 N–H and O–H groups in total. The molecule has 134 valence electrons. The zero-order valence-corrected chi connectivity index (χ0v) is 14.3. The minimum absolute atomic E-state index is 0.174. The molecule has 0 unspecified atom stereocenters. The van der Waals surface area contributed by atoms with Gasteiger partial charge in [0.15, 0.2) is 5.82 Å². The SMILES string of the molecule is O=C1NC(=O)[C@@H](Cc2nn3c(-c4cccc(C(F)(F)F)c4)nnc3s2)S1. The molecule has 1 aliphatic rings. The van der Waals surface area contributed by atoms with Gasteiger partial charge in [0.25, 0.3) is 5.24 Å². The highest BCUT2D eigenvalue weighted by Gasteiger charge is 2.33. The number of hydrogen-bond donors (Lipinski definition) is 1. The van der Waals surface area contributed by atoms with E-state index in [4.69, 9.17) is 0 Å². The Hall–Kier alpha value is -2.47. The molecule has 0 spiro atoms. The predicted octanol–water partition coefficient (Wildman–Crippen LogP) is 2.77. The number of aromatic nitrogens is 4. The molecule has 3 heterocycles. The van der Waals surface area contributed by atoms with Crippen LogP contribution in [0, 0.1) is 0 Å². The van der Waals surface area contributed by atoms with Crippen molar-refractivity contribution in [1.82, 2.24) is 25.1 Å². The summed E-state index contributed by atoms with van der Waals surface area (Å²) in [5, 5.41) is 13.9. The Balaban J connectivity index is 1.67. The van der Waals surface area contributed by atoms with E-state index in [2.05, 4.69) is 20.6 Å². The maximum absolute atomic E-state index is 12.9. The molecule has 1 saturated heterocycles. The van der Waals surface area contributed by atoms with Gasteiger partial charge in [-0.05, 0) is 12.1 Å². The van der Waals surface area contributed by atoms with E-state index in [1.807, 2.05) is 0 Å². The average Bonchev–Trinajstić information content (AvgIpc) is 3.21. The van der Waals surface area contributed by atoms with E-state index in [1.54, 1.807) is 0 Å². The lowest BCUT2D eigenvalue weighted by atomic mass is 10.1. The fraction of sp³-hybridized carbons (Fsp3) is 0.214. The second-order valence-corrected chi connectivity index (χ2v) is 7.60. The van der Waals surface area contributed by atoms with Crippen LogP contribution in [0.5, 0.6) is 0 Å². The standard InChI is InChI=1S/C14H8F3N5O2S2/c15-14(16,17)7-3-1-2-6(4-7)10-19-20-12-22(10)21-9(26-12)5-8-11(23)18-13(24)25-8/h1-4,8H,5H2,(H,18,23,24)/t8-/m1/s1. The van der Waals surface area contributed by atoms with Crippen molar-refractivity contribution in [2.45, 2.75) is 17.8 Å². The van der Waals surface area contributed by atoms with E-state index in [-0.39, 0.29) is 23.7 Å². The molecular weight excluding hydrogens is 391 g/mol. The number of imide groups is 1. The lowest BCUT2D eigenvalue weighted by Crippen LogP contribution is -2.25. The van der Waals surface area contributed by atoms with E-state index < -0.39 is 22.2 Å². The third-order valence-corrected chi connectivity index (χ3v) is 5.51. The van der Waals surface area contributed by atoms with Crippen LogP contribution in [0.25, 0.3) is 16.3 Å². The summed E-state index contributed by atoms with van der Waals surface area (Å²) in [7, 11) is 0. The first kappa shape index (κ1) is 17.0. The fourth-order valence-electron chi connectivity index (χ4n) is 2.44. The van der Waals surface area contributed by atoms with Gasteiger partial charge >= 0.3 is 6.18 Å². The normalized spacial score (nSPS) is 17.9. The lowest BCUT2D eigenvalue weighted by Gasteiger charge is -2.07. The first-order chi connectivity index (χ1) is 12.3. The van der Waals surface area contributed by atoms with Crippen LogP contribution in [0.15, 0.2) is 24.3 Å². The summed E-state index contributed by atoms with van der Waals surface area (Å²) in [6, 6.07) is 4.73. The van der Waals surface area contributed by atoms with Crippen LogP contribution < -0.4 is 5.32 Å². The number of alkyl halides is 3. The van der Waals surface area contributed by atoms with Crippen LogP contribution in [0.2, 0.25) is 0 Å². The Kier molecular flexibility index (Phi) is 3.95. The average molecular weight is 399 g/mol. The summed E-state index contributed by atoms with van der Waals surface area (Å²) in [5.41, 5.74) is -0.563. The molecule has 0 bridgehead atoms. The van der Waals surface area contributed by atoms with E-state index in [0.29, 0.717) is 9.97 Å². The van der Waals surface area contributed by atoms with Crippen LogP contribution in [0.3, 0.4) is 0 Å². The number of rotatable bonds is 3. The Labute approximate surface area is 151 Å². The number of nitrogens with zero attached hydrogens (tertiary/aromatic N) is 4. The Morgan fingerprint density at radius 3 is 2.73 bits per heavy atom. The summed E-state index contributed by atoms with van der Waals surface area (Å²) in [6.45, 7) is 0. The molecule has 2 aromatic heterocycles. The Morgan fingerprint density at radius 2 is 2.04 bits per heavy atom. The number of carbonyl (C=O) groups excluding carboxylic acids is 2. The number of thioether (sulfide) groups is 1. The molecule has 7 nitrogen and oxygen atoms in total. The second-order valence-electron chi connectivity index (χ2n) is 5.38. The Bertz CT molecular complexity index is 1030. The van der Waals surface area contributed by atoms with Gasteiger partial charge in [0.1, 0.15) is 5.01 Å². The van der Waals surface area contributed by atoms with Crippen LogP contribution >= 0.6 is 23.1 Å². The van der Waals surface area contributed by atoms with E-state index in [0.717, 1.165) is 35.2 Å². The maximum atomic E-state index is 12.9. The van der Waals surface area contributed by atoms with Gasteiger partial charge in [0.2, 0.25) is 10.9 Å². The topological polar surface area (TPSA) is 89.2 Å². The third-order valence-electron chi connectivity index (χ3n) is 3.61. The first-order valence-electron chi connectivity index (χ1n) is 7.21. The van der Waals surface area contributed by atoms with Gasteiger partial charge in [-0.2, -0.15) is 22.8 Å². The van der Waals surface area contributed by atoms with Crippen molar-refractivity contribution >= 4 is 39.2 Å². The molecule has 1 atom stereocenters. The molecule has 0 radical (unpaired) electrons. The van der Waals surface area contributed by atoms with Crippen molar-refractivity contribution in [3.05, 3.63) is 34.8 Å². The Morgan fingerprint density at radius 1 is 1.23 bits per heavy atom. The van der Waals surface area contributed by atoms with Crippen LogP contribution in [0.1, 0.15) is 10.6 Å². The lowest BCUT2D eigenvalue weighted by molar-refractivity contribution is -0.137. The molecule has 4 rings (SSSR count). The van der Waals surface area contributed by atoms with E-state index in [9.17, 15) is 22.8 Å². The highest BCUT2D eigenvalue weighted by molar-refractivity contribution is 8.15. The van der Waals surface area contributed by atoms with Gasteiger partial charge in [-0.3, -0.25) is 14.9 Å². The summed E-state index contributed by atoms with van der Waals surface area (Å²) in [5.74, 6) is -0.211. The van der Waals surface area contributed by atoms with Gasteiger partial charge in [-0.25, -0.2) is 0 Å². The van der Waals surface area contributed by atoms with Crippen LogP contribution in [-0.4, -0.2) is 36.2 Å². The van der Waals surface area contributed by atoms with Gasteiger partial charge in [-0.1, -0.05) is 35.2 Å². The zero-order valence-electron chi connectivity index (χ0n) is 12.6.